The van der Waals surface area contributed by atoms with Gasteiger partial charge in [0, 0.05) is 10.9 Å². The molecule has 0 radical (unpaired) electrons. The fourth-order valence-corrected chi connectivity index (χ4v) is 4.79. The van der Waals surface area contributed by atoms with E-state index in [0.29, 0.717) is 0 Å². The van der Waals surface area contributed by atoms with Gasteiger partial charge in [-0.05, 0) is 29.3 Å². The van der Waals surface area contributed by atoms with Crippen molar-refractivity contribution in [3.05, 3.63) is 138 Å². The maximum atomic E-state index is 6.65. The zero-order chi connectivity index (χ0) is 20.0. The summed E-state index contributed by atoms with van der Waals surface area (Å²) in [5.74, 6) is 1.80. The Morgan fingerprint density at radius 1 is 0.633 bits per heavy atom. The van der Waals surface area contributed by atoms with Gasteiger partial charge in [-0.3, -0.25) is 0 Å². The number of hydrogen-bond donors (Lipinski definition) is 0. The van der Waals surface area contributed by atoms with E-state index in [-0.39, 0.29) is 6.10 Å². The third-order valence-electron chi connectivity index (χ3n) is 6.10. The quantitative estimate of drug-likeness (QED) is 0.335. The van der Waals surface area contributed by atoms with Crippen molar-refractivity contribution in [3.8, 4) is 5.75 Å². The molecule has 1 aliphatic heterocycles. The number of benzene rings is 4. The normalized spacial score (nSPS) is 20.1. The molecule has 0 saturated heterocycles. The molecule has 0 spiro atoms. The topological polar surface area (TPSA) is 22.4 Å². The summed E-state index contributed by atoms with van der Waals surface area (Å²) < 4.78 is 13.2. The van der Waals surface area contributed by atoms with Crippen LogP contribution in [-0.2, 0) is 5.41 Å². The van der Waals surface area contributed by atoms with Crippen LogP contribution in [0.4, 0.5) is 0 Å². The van der Waals surface area contributed by atoms with Gasteiger partial charge < -0.3 is 9.15 Å². The van der Waals surface area contributed by atoms with E-state index < -0.39 is 5.41 Å². The van der Waals surface area contributed by atoms with Crippen molar-refractivity contribution >= 4 is 11.0 Å². The predicted octanol–water partition coefficient (Wildman–Crippen LogP) is 6.90. The Hall–Kier alpha value is -3.78. The van der Waals surface area contributed by atoms with E-state index in [1.807, 2.05) is 30.3 Å². The van der Waals surface area contributed by atoms with Crippen LogP contribution in [-0.4, -0.2) is 0 Å². The molecule has 2 nitrogen and oxygen atoms in total. The molecular weight excluding hydrogens is 368 g/mol. The fourth-order valence-electron chi connectivity index (χ4n) is 4.79. The lowest BCUT2D eigenvalue weighted by Crippen LogP contribution is -2.34. The number of para-hydroxylation sites is 2. The molecule has 1 aromatic heterocycles. The molecule has 30 heavy (non-hydrogen) atoms. The maximum absolute atomic E-state index is 6.65. The zero-order valence-corrected chi connectivity index (χ0v) is 16.4. The molecule has 6 rings (SSSR count). The Kier molecular flexibility index (Phi) is 3.78. The lowest BCUT2D eigenvalue weighted by Gasteiger charge is -2.33. The molecule has 0 aliphatic carbocycles. The summed E-state index contributed by atoms with van der Waals surface area (Å²) >= 11 is 0. The number of furan rings is 1. The van der Waals surface area contributed by atoms with Gasteiger partial charge in [0.2, 0.25) is 0 Å². The smallest absolute Gasteiger partial charge is 0.145 e. The van der Waals surface area contributed by atoms with Gasteiger partial charge in [0.1, 0.15) is 28.6 Å². The minimum atomic E-state index is -0.585. The van der Waals surface area contributed by atoms with Crippen LogP contribution in [0.5, 0.6) is 5.75 Å². The lowest BCUT2D eigenvalue weighted by atomic mass is 9.68. The van der Waals surface area contributed by atoms with Crippen LogP contribution in [0.25, 0.3) is 11.0 Å². The van der Waals surface area contributed by atoms with Gasteiger partial charge in [0.15, 0.2) is 0 Å². The van der Waals surface area contributed by atoms with E-state index >= 15 is 0 Å². The van der Waals surface area contributed by atoms with Gasteiger partial charge in [0.05, 0.1) is 0 Å². The van der Waals surface area contributed by atoms with Crippen LogP contribution >= 0.6 is 0 Å². The highest BCUT2D eigenvalue weighted by molar-refractivity contribution is 5.79. The van der Waals surface area contributed by atoms with Crippen molar-refractivity contribution in [2.45, 2.75) is 11.5 Å². The van der Waals surface area contributed by atoms with Crippen molar-refractivity contribution < 1.29 is 9.15 Å². The van der Waals surface area contributed by atoms with Crippen LogP contribution < -0.4 is 4.74 Å². The second kappa shape index (κ2) is 6.64. The third-order valence-corrected chi connectivity index (χ3v) is 6.10. The summed E-state index contributed by atoms with van der Waals surface area (Å²) in [5.41, 5.74) is 3.71. The van der Waals surface area contributed by atoms with E-state index in [2.05, 4.69) is 84.9 Å². The molecule has 0 amide bonds. The molecule has 0 fully saturated rings. The molecule has 0 N–H and O–H groups in total. The van der Waals surface area contributed by atoms with Gasteiger partial charge in [-0.1, -0.05) is 97.1 Å². The Balaban J connectivity index is 1.73. The second-order valence-corrected chi connectivity index (χ2v) is 7.73. The highest BCUT2D eigenvalue weighted by atomic mass is 16.5. The molecular formula is C28H20O2. The fraction of sp³-hybridized carbons (Fsp3) is 0.0714. The van der Waals surface area contributed by atoms with E-state index in [0.717, 1.165) is 39.2 Å². The molecule has 2 atom stereocenters. The summed E-state index contributed by atoms with van der Waals surface area (Å²) in [6.07, 6.45) is -0.237. The highest BCUT2D eigenvalue weighted by Gasteiger charge is 2.54. The minimum Gasteiger partial charge on any atom is -0.484 e. The first kappa shape index (κ1) is 17.1. The highest BCUT2D eigenvalue weighted by Crippen LogP contribution is 2.58. The van der Waals surface area contributed by atoms with E-state index in [4.69, 9.17) is 9.15 Å². The number of hydrogen-bond acceptors (Lipinski definition) is 2. The van der Waals surface area contributed by atoms with Crippen LogP contribution in [0, 0.1) is 0 Å². The Labute approximate surface area is 175 Å². The molecule has 4 aromatic carbocycles. The summed E-state index contributed by atoms with van der Waals surface area (Å²) in [6.45, 7) is 0. The first-order valence-corrected chi connectivity index (χ1v) is 10.2. The number of ether oxygens (including phenoxy) is 1. The maximum Gasteiger partial charge on any atom is 0.145 e. The second-order valence-electron chi connectivity index (χ2n) is 7.73. The SMILES string of the molecule is c1ccc(C2Oc3ccccc3C2(c2ccccc2)c2cc3ccccc3o2)cc1. The third kappa shape index (κ3) is 2.37. The van der Waals surface area contributed by atoms with Gasteiger partial charge in [0.25, 0.3) is 0 Å². The standard InChI is InChI=1S/C28H20O2/c1-3-11-20(12-4-1)27-28(22-14-5-2-6-15-22,23-16-8-10-18-25(23)30-27)26-19-21-13-7-9-17-24(21)29-26/h1-19,27H. The Bertz CT molecular complexity index is 1290. The Morgan fingerprint density at radius 3 is 2.10 bits per heavy atom. The molecule has 2 heterocycles. The van der Waals surface area contributed by atoms with Gasteiger partial charge in [-0.2, -0.15) is 0 Å². The molecule has 2 unspecified atom stereocenters. The van der Waals surface area contributed by atoms with Gasteiger partial charge in [-0.25, -0.2) is 0 Å². The molecule has 0 bridgehead atoms. The summed E-state index contributed by atoms with van der Waals surface area (Å²) in [6, 6.07) is 39.7. The molecule has 0 saturated carbocycles. The average molecular weight is 388 g/mol. The van der Waals surface area contributed by atoms with E-state index in [1.165, 1.54) is 0 Å². The number of fused-ring (bicyclic) bond motifs is 2. The van der Waals surface area contributed by atoms with Crippen molar-refractivity contribution in [1.82, 2.24) is 0 Å². The van der Waals surface area contributed by atoms with Crippen LogP contribution in [0.1, 0.15) is 28.6 Å². The van der Waals surface area contributed by atoms with Gasteiger partial charge in [-0.15, -0.1) is 0 Å². The average Bonchev–Trinajstić information content (AvgIpc) is 3.40. The van der Waals surface area contributed by atoms with Crippen molar-refractivity contribution in [2.24, 2.45) is 0 Å². The van der Waals surface area contributed by atoms with Crippen LogP contribution in [0.15, 0.2) is 120 Å². The van der Waals surface area contributed by atoms with Crippen molar-refractivity contribution in [3.63, 3.8) is 0 Å². The Morgan fingerprint density at radius 2 is 1.30 bits per heavy atom. The lowest BCUT2D eigenvalue weighted by molar-refractivity contribution is 0.177. The number of rotatable bonds is 3. The zero-order valence-electron chi connectivity index (χ0n) is 16.4. The van der Waals surface area contributed by atoms with Crippen LogP contribution in [0.2, 0.25) is 0 Å². The summed E-state index contributed by atoms with van der Waals surface area (Å²) in [5, 5.41) is 1.10. The van der Waals surface area contributed by atoms with Crippen molar-refractivity contribution in [2.75, 3.05) is 0 Å². The first-order valence-electron chi connectivity index (χ1n) is 10.2. The first-order chi connectivity index (χ1) is 14.9. The van der Waals surface area contributed by atoms with Crippen molar-refractivity contribution in [1.29, 1.82) is 0 Å². The van der Waals surface area contributed by atoms with E-state index in [1.54, 1.807) is 0 Å². The molecule has 5 aromatic rings. The molecule has 1 aliphatic rings. The summed E-state index contributed by atoms with van der Waals surface area (Å²) in [7, 11) is 0. The summed E-state index contributed by atoms with van der Waals surface area (Å²) in [4.78, 5) is 0. The van der Waals surface area contributed by atoms with Crippen LogP contribution in [0.3, 0.4) is 0 Å². The molecule has 2 heteroatoms. The monoisotopic (exact) mass is 388 g/mol. The minimum absolute atomic E-state index is 0.237. The van der Waals surface area contributed by atoms with E-state index in [9.17, 15) is 0 Å². The molecule has 144 valence electrons. The largest absolute Gasteiger partial charge is 0.484 e. The van der Waals surface area contributed by atoms with Gasteiger partial charge >= 0.3 is 0 Å². The predicted molar refractivity (Wildman–Crippen MR) is 119 cm³/mol.